The van der Waals surface area contributed by atoms with E-state index in [-0.39, 0.29) is 41.7 Å². The van der Waals surface area contributed by atoms with Crippen molar-refractivity contribution in [3.05, 3.63) is 0 Å². The fraction of sp³-hybridized carbons (Fsp3) is 1.00. The van der Waals surface area contributed by atoms with Crippen LogP contribution in [0.1, 0.15) is 39.5 Å². The van der Waals surface area contributed by atoms with Crippen molar-refractivity contribution in [3.63, 3.8) is 0 Å². The molecule has 0 aromatic rings. The van der Waals surface area contributed by atoms with Crippen molar-refractivity contribution < 1.29 is 18.3 Å². The molecule has 2 aliphatic heterocycles. The molecule has 2 rings (SSSR count). The van der Waals surface area contributed by atoms with E-state index in [1.807, 2.05) is 0 Å². The number of hydrogen-bond acceptors (Lipinski definition) is 4. The van der Waals surface area contributed by atoms with Gasteiger partial charge in [-0.25, -0.2) is 8.42 Å². The summed E-state index contributed by atoms with van der Waals surface area (Å²) in [6.45, 7) is 4.24. The summed E-state index contributed by atoms with van der Waals surface area (Å²) >= 11 is 0. The summed E-state index contributed by atoms with van der Waals surface area (Å²) in [5, 5.41) is 9.50. The molecule has 0 spiro atoms. The molecule has 0 bridgehead atoms. The Labute approximate surface area is 110 Å². The van der Waals surface area contributed by atoms with Crippen LogP contribution in [0.25, 0.3) is 0 Å². The number of sulfone groups is 1. The van der Waals surface area contributed by atoms with Gasteiger partial charge in [-0.15, -0.1) is 0 Å². The molecule has 0 radical (unpaired) electrons. The Bertz CT molecular complexity index is 388. The molecule has 2 fully saturated rings. The Morgan fingerprint density at radius 3 is 2.56 bits per heavy atom. The summed E-state index contributed by atoms with van der Waals surface area (Å²) in [5.74, 6) is 0.716. The zero-order chi connectivity index (χ0) is 13.4. The van der Waals surface area contributed by atoms with Crippen molar-refractivity contribution >= 4 is 9.84 Å². The molecule has 2 heterocycles. The molecule has 1 N–H and O–H groups in total. The monoisotopic (exact) mass is 276 g/mol. The van der Waals surface area contributed by atoms with Crippen LogP contribution in [0.3, 0.4) is 0 Å². The number of rotatable bonds is 4. The van der Waals surface area contributed by atoms with E-state index in [9.17, 15) is 13.5 Å². The molecular formula is C13H24O4S. The highest BCUT2D eigenvalue weighted by Gasteiger charge is 2.38. The Morgan fingerprint density at radius 2 is 2.11 bits per heavy atom. The van der Waals surface area contributed by atoms with Crippen molar-refractivity contribution in [1.29, 1.82) is 0 Å². The van der Waals surface area contributed by atoms with E-state index >= 15 is 0 Å². The van der Waals surface area contributed by atoms with Crippen molar-refractivity contribution in [2.24, 2.45) is 11.8 Å². The Morgan fingerprint density at radius 1 is 1.39 bits per heavy atom. The highest BCUT2D eigenvalue weighted by molar-refractivity contribution is 7.91. The van der Waals surface area contributed by atoms with E-state index in [0.29, 0.717) is 6.42 Å². The number of aliphatic hydroxyl groups excluding tert-OH is 1. The third-order valence-electron chi connectivity index (χ3n) is 4.29. The third kappa shape index (κ3) is 3.45. The zero-order valence-electron chi connectivity index (χ0n) is 11.3. The average Bonchev–Trinajstić information content (AvgIpc) is 2.78. The third-order valence-corrected chi connectivity index (χ3v) is 6.08. The van der Waals surface area contributed by atoms with Gasteiger partial charge in [-0.3, -0.25) is 0 Å². The van der Waals surface area contributed by atoms with Crippen LogP contribution in [0.15, 0.2) is 0 Å². The SMILES string of the molecule is CC1(C)CCC(CC(CO)C2CCS(=O)(=O)C2)O1. The maximum Gasteiger partial charge on any atom is 0.150 e. The summed E-state index contributed by atoms with van der Waals surface area (Å²) in [7, 11) is -2.86. The molecule has 0 saturated carbocycles. The lowest BCUT2D eigenvalue weighted by atomic mass is 9.87. The molecule has 106 valence electrons. The normalized spacial score (nSPS) is 35.7. The van der Waals surface area contributed by atoms with E-state index in [1.165, 1.54) is 0 Å². The maximum absolute atomic E-state index is 11.5. The highest BCUT2D eigenvalue weighted by atomic mass is 32.2. The first-order valence-corrected chi connectivity index (χ1v) is 8.62. The van der Waals surface area contributed by atoms with Crippen LogP contribution in [-0.2, 0) is 14.6 Å². The summed E-state index contributed by atoms with van der Waals surface area (Å²) < 4.78 is 28.9. The fourth-order valence-electron chi connectivity index (χ4n) is 3.19. The van der Waals surface area contributed by atoms with Crippen LogP contribution < -0.4 is 0 Å². The smallest absolute Gasteiger partial charge is 0.150 e. The van der Waals surface area contributed by atoms with E-state index in [2.05, 4.69) is 13.8 Å². The topological polar surface area (TPSA) is 63.6 Å². The number of ether oxygens (including phenoxy) is 1. The summed E-state index contributed by atoms with van der Waals surface area (Å²) in [6, 6.07) is 0. The van der Waals surface area contributed by atoms with Crippen molar-refractivity contribution in [1.82, 2.24) is 0 Å². The summed E-state index contributed by atoms with van der Waals surface area (Å²) in [5.41, 5.74) is -0.0631. The number of hydrogen-bond donors (Lipinski definition) is 1. The van der Waals surface area contributed by atoms with Crippen molar-refractivity contribution in [2.75, 3.05) is 18.1 Å². The fourth-order valence-corrected chi connectivity index (χ4v) is 5.11. The Balaban J connectivity index is 1.91. The minimum Gasteiger partial charge on any atom is -0.396 e. The minimum atomic E-state index is -2.86. The lowest BCUT2D eigenvalue weighted by Gasteiger charge is -2.25. The quantitative estimate of drug-likeness (QED) is 0.842. The first kappa shape index (κ1) is 14.3. The molecular weight excluding hydrogens is 252 g/mol. The van der Waals surface area contributed by atoms with E-state index < -0.39 is 9.84 Å². The van der Waals surface area contributed by atoms with Gasteiger partial charge in [0.1, 0.15) is 0 Å². The summed E-state index contributed by atoms with van der Waals surface area (Å²) in [4.78, 5) is 0. The molecule has 0 aliphatic carbocycles. The molecule has 4 nitrogen and oxygen atoms in total. The van der Waals surface area contributed by atoms with Crippen molar-refractivity contribution in [3.8, 4) is 0 Å². The van der Waals surface area contributed by atoms with Gasteiger partial charge >= 0.3 is 0 Å². The molecule has 2 saturated heterocycles. The van der Waals surface area contributed by atoms with Gasteiger partial charge in [0.05, 0.1) is 23.2 Å². The van der Waals surface area contributed by atoms with Crippen LogP contribution in [0.2, 0.25) is 0 Å². The maximum atomic E-state index is 11.5. The first-order chi connectivity index (χ1) is 8.31. The molecule has 0 aromatic heterocycles. The first-order valence-electron chi connectivity index (χ1n) is 6.80. The molecule has 18 heavy (non-hydrogen) atoms. The lowest BCUT2D eigenvalue weighted by Crippen LogP contribution is -2.27. The van der Waals surface area contributed by atoms with Crippen LogP contribution in [0, 0.1) is 11.8 Å². The van der Waals surface area contributed by atoms with Crippen LogP contribution in [-0.4, -0.2) is 43.3 Å². The average molecular weight is 276 g/mol. The zero-order valence-corrected chi connectivity index (χ0v) is 12.1. The van der Waals surface area contributed by atoms with Gasteiger partial charge in [-0.2, -0.15) is 0 Å². The van der Waals surface area contributed by atoms with Gasteiger partial charge in [0.15, 0.2) is 9.84 Å². The Kier molecular flexibility index (Phi) is 4.04. The van der Waals surface area contributed by atoms with Crippen LogP contribution >= 0.6 is 0 Å². The van der Waals surface area contributed by atoms with Crippen LogP contribution in [0.4, 0.5) is 0 Å². The standard InChI is InChI=1S/C13H24O4S/c1-13(2)5-3-12(17-13)7-11(8-14)10-4-6-18(15,16)9-10/h10-12,14H,3-9H2,1-2H3. The largest absolute Gasteiger partial charge is 0.396 e. The van der Waals surface area contributed by atoms with Gasteiger partial charge in [0.2, 0.25) is 0 Å². The second-order valence-electron chi connectivity index (χ2n) is 6.38. The predicted molar refractivity (Wildman–Crippen MR) is 70.1 cm³/mol. The van der Waals surface area contributed by atoms with Gasteiger partial charge in [-0.05, 0) is 51.4 Å². The molecule has 5 heteroatoms. The number of aliphatic hydroxyl groups is 1. The van der Waals surface area contributed by atoms with Gasteiger partial charge < -0.3 is 9.84 Å². The lowest BCUT2D eigenvalue weighted by molar-refractivity contribution is -0.0315. The second kappa shape index (κ2) is 5.10. The molecule has 3 atom stereocenters. The highest BCUT2D eigenvalue weighted by Crippen LogP contribution is 2.36. The molecule has 0 aromatic carbocycles. The minimum absolute atomic E-state index is 0.0631. The van der Waals surface area contributed by atoms with E-state index in [4.69, 9.17) is 4.74 Å². The van der Waals surface area contributed by atoms with Gasteiger partial charge in [0.25, 0.3) is 0 Å². The van der Waals surface area contributed by atoms with E-state index in [1.54, 1.807) is 0 Å². The van der Waals surface area contributed by atoms with Crippen LogP contribution in [0.5, 0.6) is 0 Å². The van der Waals surface area contributed by atoms with E-state index in [0.717, 1.165) is 19.3 Å². The van der Waals surface area contributed by atoms with Gasteiger partial charge in [-0.1, -0.05) is 0 Å². The van der Waals surface area contributed by atoms with Gasteiger partial charge in [0, 0.05) is 6.61 Å². The molecule has 0 amide bonds. The summed E-state index contributed by atoms with van der Waals surface area (Å²) in [6.07, 6.45) is 3.73. The predicted octanol–water partition coefficient (Wildman–Crippen LogP) is 1.38. The molecule has 3 unspecified atom stereocenters. The molecule has 2 aliphatic rings. The second-order valence-corrected chi connectivity index (χ2v) is 8.61. The Hall–Kier alpha value is -0.130. The van der Waals surface area contributed by atoms with Crippen molar-refractivity contribution in [2.45, 2.75) is 51.2 Å².